The molecule has 5 nitrogen and oxygen atoms in total. The fourth-order valence-electron chi connectivity index (χ4n) is 1.48. The van der Waals surface area contributed by atoms with E-state index in [1.165, 1.54) is 23.1 Å². The van der Waals surface area contributed by atoms with Gasteiger partial charge in [-0.05, 0) is 32.0 Å². The third kappa shape index (κ3) is 5.42. The van der Waals surface area contributed by atoms with E-state index < -0.39 is 0 Å². The number of carbonyl (C=O) groups is 1. The molecule has 0 saturated carbocycles. The molecule has 0 aliphatic carbocycles. The van der Waals surface area contributed by atoms with Crippen LogP contribution in [0.5, 0.6) is 0 Å². The quantitative estimate of drug-likeness (QED) is 0.672. The van der Waals surface area contributed by atoms with E-state index in [2.05, 4.69) is 36.8 Å². The maximum atomic E-state index is 11.9. The molecule has 2 aromatic rings. The van der Waals surface area contributed by atoms with Crippen LogP contribution in [0.25, 0.3) is 0 Å². The van der Waals surface area contributed by atoms with E-state index in [4.69, 9.17) is 11.6 Å². The predicted octanol–water partition coefficient (Wildman–Crippen LogP) is 4.51. The summed E-state index contributed by atoms with van der Waals surface area (Å²) in [5, 5.41) is 15.3. The van der Waals surface area contributed by atoms with Gasteiger partial charge in [-0.25, -0.2) is 0 Å². The number of carbonyl (C=O) groups excluding carboxylic acids is 1. The Balaban J connectivity index is 1.86. The SMILES string of the molecule is CC(C)Nc1nnc(SCC(=O)Nc2ccc(Br)cc2Cl)s1. The van der Waals surface area contributed by atoms with E-state index in [-0.39, 0.29) is 11.7 Å². The summed E-state index contributed by atoms with van der Waals surface area (Å²) in [6.07, 6.45) is 0. The van der Waals surface area contributed by atoms with Crippen molar-refractivity contribution in [2.45, 2.75) is 24.2 Å². The van der Waals surface area contributed by atoms with Gasteiger partial charge < -0.3 is 10.6 Å². The molecule has 0 aliphatic heterocycles. The molecular formula is C13H14BrClN4OS2. The van der Waals surface area contributed by atoms with Crippen molar-refractivity contribution in [1.82, 2.24) is 10.2 Å². The van der Waals surface area contributed by atoms with Gasteiger partial charge in [-0.2, -0.15) is 0 Å². The van der Waals surface area contributed by atoms with Crippen LogP contribution >= 0.6 is 50.6 Å². The van der Waals surface area contributed by atoms with E-state index in [1.807, 2.05) is 19.9 Å². The second-order valence-corrected chi connectivity index (χ2v) is 8.16. The minimum Gasteiger partial charge on any atom is -0.358 e. The predicted molar refractivity (Wildman–Crippen MR) is 97.2 cm³/mol. The van der Waals surface area contributed by atoms with E-state index in [0.29, 0.717) is 16.8 Å². The Morgan fingerprint density at radius 3 is 2.91 bits per heavy atom. The normalized spacial score (nSPS) is 10.8. The lowest BCUT2D eigenvalue weighted by Gasteiger charge is -2.06. The molecule has 2 N–H and O–H groups in total. The van der Waals surface area contributed by atoms with Gasteiger partial charge >= 0.3 is 0 Å². The molecule has 1 amide bonds. The summed E-state index contributed by atoms with van der Waals surface area (Å²) in [7, 11) is 0. The number of aromatic nitrogens is 2. The maximum absolute atomic E-state index is 11.9. The summed E-state index contributed by atoms with van der Waals surface area (Å²) < 4.78 is 1.61. The highest BCUT2D eigenvalue weighted by Gasteiger charge is 2.10. The third-order valence-electron chi connectivity index (χ3n) is 2.35. The summed E-state index contributed by atoms with van der Waals surface area (Å²) >= 11 is 12.2. The van der Waals surface area contributed by atoms with Crippen LogP contribution < -0.4 is 10.6 Å². The molecule has 22 heavy (non-hydrogen) atoms. The lowest BCUT2D eigenvalue weighted by atomic mass is 10.3. The van der Waals surface area contributed by atoms with Gasteiger partial charge in [-0.3, -0.25) is 4.79 Å². The second kappa shape index (κ2) is 8.14. The van der Waals surface area contributed by atoms with Crippen LogP contribution in [0.15, 0.2) is 27.0 Å². The highest BCUT2D eigenvalue weighted by molar-refractivity contribution is 9.10. The first-order valence-electron chi connectivity index (χ1n) is 6.42. The average molecular weight is 422 g/mol. The number of hydrogen-bond donors (Lipinski definition) is 2. The van der Waals surface area contributed by atoms with Gasteiger partial charge in [0, 0.05) is 10.5 Å². The molecule has 0 unspecified atom stereocenters. The highest BCUT2D eigenvalue weighted by atomic mass is 79.9. The number of rotatable bonds is 6. The van der Waals surface area contributed by atoms with E-state index >= 15 is 0 Å². The maximum Gasteiger partial charge on any atom is 0.234 e. The Hall–Kier alpha value is -0.830. The number of halogens is 2. The molecule has 0 bridgehead atoms. The van der Waals surface area contributed by atoms with Crippen molar-refractivity contribution >= 4 is 67.4 Å². The Bertz CT molecular complexity index is 665. The second-order valence-electron chi connectivity index (χ2n) is 4.63. The lowest BCUT2D eigenvalue weighted by molar-refractivity contribution is -0.113. The summed E-state index contributed by atoms with van der Waals surface area (Å²) in [6.45, 7) is 4.06. The van der Waals surface area contributed by atoms with Crippen molar-refractivity contribution in [1.29, 1.82) is 0 Å². The van der Waals surface area contributed by atoms with Crippen LogP contribution in [0, 0.1) is 0 Å². The summed E-state index contributed by atoms with van der Waals surface area (Å²) in [5.74, 6) is 0.116. The zero-order valence-corrected chi connectivity index (χ0v) is 15.9. The number of amides is 1. The molecule has 1 aromatic carbocycles. The molecular weight excluding hydrogens is 408 g/mol. The minimum atomic E-state index is -0.136. The number of nitrogens with one attached hydrogen (secondary N) is 2. The van der Waals surface area contributed by atoms with Gasteiger partial charge in [0.05, 0.1) is 16.5 Å². The van der Waals surface area contributed by atoms with Crippen LogP contribution in [-0.4, -0.2) is 27.9 Å². The van der Waals surface area contributed by atoms with Gasteiger partial charge in [0.15, 0.2) is 4.34 Å². The molecule has 2 rings (SSSR count). The van der Waals surface area contributed by atoms with Crippen LogP contribution in [0.1, 0.15) is 13.8 Å². The van der Waals surface area contributed by atoms with E-state index in [0.717, 1.165) is 13.9 Å². The Morgan fingerprint density at radius 2 is 2.23 bits per heavy atom. The first kappa shape index (κ1) is 17.5. The van der Waals surface area contributed by atoms with Crippen molar-refractivity contribution in [2.24, 2.45) is 0 Å². The fourth-order valence-corrected chi connectivity index (χ4v) is 3.90. The van der Waals surface area contributed by atoms with Crippen LogP contribution in [-0.2, 0) is 4.79 Å². The molecule has 0 radical (unpaired) electrons. The van der Waals surface area contributed by atoms with Crippen LogP contribution in [0.4, 0.5) is 10.8 Å². The van der Waals surface area contributed by atoms with Crippen molar-refractivity contribution < 1.29 is 4.79 Å². The molecule has 0 fully saturated rings. The zero-order chi connectivity index (χ0) is 16.1. The van der Waals surface area contributed by atoms with E-state index in [1.54, 1.807) is 12.1 Å². The number of hydrogen-bond acceptors (Lipinski definition) is 6. The number of thioether (sulfide) groups is 1. The zero-order valence-electron chi connectivity index (χ0n) is 11.9. The molecule has 1 heterocycles. The molecule has 1 aromatic heterocycles. The lowest BCUT2D eigenvalue weighted by Crippen LogP contribution is -2.14. The summed E-state index contributed by atoms with van der Waals surface area (Å²) in [6, 6.07) is 5.61. The van der Waals surface area contributed by atoms with Gasteiger partial charge in [0.2, 0.25) is 11.0 Å². The summed E-state index contributed by atoms with van der Waals surface area (Å²) in [4.78, 5) is 11.9. The van der Waals surface area contributed by atoms with Gasteiger partial charge in [0.25, 0.3) is 0 Å². The first-order chi connectivity index (χ1) is 10.4. The largest absolute Gasteiger partial charge is 0.358 e. The summed E-state index contributed by atoms with van der Waals surface area (Å²) in [5.41, 5.74) is 0.592. The van der Waals surface area contributed by atoms with Gasteiger partial charge in [0.1, 0.15) is 0 Å². The molecule has 0 spiro atoms. The smallest absolute Gasteiger partial charge is 0.234 e. The highest BCUT2D eigenvalue weighted by Crippen LogP contribution is 2.28. The average Bonchev–Trinajstić information content (AvgIpc) is 2.86. The molecule has 9 heteroatoms. The topological polar surface area (TPSA) is 66.9 Å². The molecule has 0 atom stereocenters. The van der Waals surface area contributed by atoms with Gasteiger partial charge in [-0.15, -0.1) is 10.2 Å². The number of anilines is 2. The van der Waals surface area contributed by atoms with Crippen molar-refractivity contribution in [3.05, 3.63) is 27.7 Å². The first-order valence-corrected chi connectivity index (χ1v) is 9.39. The monoisotopic (exact) mass is 420 g/mol. The molecule has 118 valence electrons. The molecule has 0 saturated heterocycles. The third-order valence-corrected chi connectivity index (χ3v) is 5.14. The van der Waals surface area contributed by atoms with Crippen LogP contribution in [0.2, 0.25) is 5.02 Å². The van der Waals surface area contributed by atoms with Crippen molar-refractivity contribution in [3.8, 4) is 0 Å². The molecule has 0 aliphatic rings. The van der Waals surface area contributed by atoms with Crippen LogP contribution in [0.3, 0.4) is 0 Å². The fraction of sp³-hybridized carbons (Fsp3) is 0.308. The minimum absolute atomic E-state index is 0.136. The standard InChI is InChI=1S/C13H14BrClN4OS2/c1-7(2)16-12-18-19-13(22-12)21-6-11(20)17-10-4-3-8(14)5-9(10)15/h3-5,7H,6H2,1-2H3,(H,16,18)(H,17,20). The van der Waals surface area contributed by atoms with Crippen molar-refractivity contribution in [3.63, 3.8) is 0 Å². The van der Waals surface area contributed by atoms with Gasteiger partial charge in [-0.1, -0.05) is 50.6 Å². The Kier molecular flexibility index (Phi) is 6.49. The van der Waals surface area contributed by atoms with E-state index in [9.17, 15) is 4.79 Å². The number of nitrogens with zero attached hydrogens (tertiary/aromatic N) is 2. The van der Waals surface area contributed by atoms with Crippen molar-refractivity contribution in [2.75, 3.05) is 16.4 Å². The number of benzene rings is 1. The Morgan fingerprint density at radius 1 is 1.45 bits per heavy atom. The Labute approximate surface area is 150 Å².